The number of aryl methyl sites for hydroxylation is 1. The Morgan fingerprint density at radius 2 is 2.38 bits per heavy atom. The van der Waals surface area contributed by atoms with E-state index >= 15 is 0 Å². The molecule has 0 spiro atoms. The molecular formula is C15H16N2O3S. The number of ether oxygens (including phenoxy) is 1. The molecule has 0 bridgehead atoms. The lowest BCUT2D eigenvalue weighted by molar-refractivity contribution is -0.146. The Morgan fingerprint density at radius 3 is 3.10 bits per heavy atom. The van der Waals surface area contributed by atoms with E-state index < -0.39 is 11.9 Å². The lowest BCUT2D eigenvalue weighted by atomic mass is 9.95. The molecule has 1 atom stereocenters. The summed E-state index contributed by atoms with van der Waals surface area (Å²) in [7, 11) is 0. The van der Waals surface area contributed by atoms with E-state index in [9.17, 15) is 9.59 Å². The number of ketones is 1. The summed E-state index contributed by atoms with van der Waals surface area (Å²) in [5.41, 5.74) is 1.37. The van der Waals surface area contributed by atoms with Crippen LogP contribution in [0.15, 0.2) is 23.2 Å². The fourth-order valence-corrected chi connectivity index (χ4v) is 3.34. The van der Waals surface area contributed by atoms with Crippen molar-refractivity contribution in [3.63, 3.8) is 0 Å². The van der Waals surface area contributed by atoms with Crippen LogP contribution in [0.3, 0.4) is 0 Å². The maximum absolute atomic E-state index is 12.5. The van der Waals surface area contributed by atoms with Crippen molar-refractivity contribution in [2.24, 2.45) is 5.92 Å². The number of esters is 1. The van der Waals surface area contributed by atoms with E-state index in [0.717, 1.165) is 15.9 Å². The van der Waals surface area contributed by atoms with Crippen molar-refractivity contribution in [3.8, 4) is 0 Å². The van der Waals surface area contributed by atoms with Crippen molar-refractivity contribution in [1.82, 2.24) is 9.55 Å². The summed E-state index contributed by atoms with van der Waals surface area (Å²) in [5.74, 6) is -1.26. The molecule has 1 unspecified atom stereocenters. The molecule has 0 radical (unpaired) electrons. The summed E-state index contributed by atoms with van der Waals surface area (Å²) < 4.78 is 6.91. The first-order valence-electron chi connectivity index (χ1n) is 6.90. The van der Waals surface area contributed by atoms with Crippen LogP contribution in [0, 0.1) is 5.92 Å². The van der Waals surface area contributed by atoms with Gasteiger partial charge in [0.2, 0.25) is 0 Å². The van der Waals surface area contributed by atoms with Crippen molar-refractivity contribution >= 4 is 34.5 Å². The Bertz CT molecular complexity index is 723. The van der Waals surface area contributed by atoms with Crippen molar-refractivity contribution in [2.45, 2.75) is 24.8 Å². The van der Waals surface area contributed by atoms with Crippen LogP contribution in [0.1, 0.15) is 23.8 Å². The highest BCUT2D eigenvalue weighted by molar-refractivity contribution is 7.98. The van der Waals surface area contributed by atoms with E-state index in [1.165, 1.54) is 0 Å². The average molecular weight is 304 g/mol. The van der Waals surface area contributed by atoms with E-state index in [1.54, 1.807) is 24.9 Å². The van der Waals surface area contributed by atoms with Crippen molar-refractivity contribution in [1.29, 1.82) is 0 Å². The highest BCUT2D eigenvalue weighted by Gasteiger charge is 2.35. The number of aromatic nitrogens is 2. The topological polar surface area (TPSA) is 61.2 Å². The number of nitrogens with zero attached hydrogens (tertiary/aromatic N) is 2. The predicted octanol–water partition coefficient (Wildman–Crippen LogP) is 2.52. The zero-order chi connectivity index (χ0) is 15.0. The monoisotopic (exact) mass is 304 g/mol. The molecule has 2 aromatic rings. The van der Waals surface area contributed by atoms with Crippen LogP contribution in [0.4, 0.5) is 0 Å². The normalized spacial score (nSPS) is 17.8. The van der Waals surface area contributed by atoms with Gasteiger partial charge in [0.15, 0.2) is 5.78 Å². The minimum atomic E-state index is -0.681. The van der Waals surface area contributed by atoms with Gasteiger partial charge >= 0.3 is 5.97 Å². The number of thioether (sulfide) groups is 1. The second kappa shape index (κ2) is 5.52. The zero-order valence-corrected chi connectivity index (χ0v) is 12.8. The molecule has 3 rings (SSSR count). The van der Waals surface area contributed by atoms with Crippen LogP contribution in [0.5, 0.6) is 0 Å². The number of Topliss-reactive ketones (excluding diaryl/α,β-unsaturated/α-hetero) is 1. The predicted molar refractivity (Wildman–Crippen MR) is 80.6 cm³/mol. The maximum Gasteiger partial charge on any atom is 0.316 e. The quantitative estimate of drug-likeness (QED) is 0.495. The highest BCUT2D eigenvalue weighted by Crippen LogP contribution is 2.32. The van der Waals surface area contributed by atoms with Gasteiger partial charge < -0.3 is 9.30 Å². The van der Waals surface area contributed by atoms with Gasteiger partial charge in [-0.05, 0) is 31.7 Å². The Labute approximate surface area is 126 Å². The first kappa shape index (κ1) is 14.1. The molecule has 21 heavy (non-hydrogen) atoms. The van der Waals surface area contributed by atoms with Gasteiger partial charge in [-0.25, -0.2) is 4.98 Å². The Hall–Kier alpha value is -1.82. The molecule has 0 amide bonds. The Balaban J connectivity index is 2.06. The molecule has 110 valence electrons. The molecule has 0 saturated carbocycles. The summed E-state index contributed by atoms with van der Waals surface area (Å²) in [4.78, 5) is 29.9. The van der Waals surface area contributed by atoms with E-state index in [2.05, 4.69) is 4.98 Å². The molecule has 1 aliphatic heterocycles. The minimum Gasteiger partial charge on any atom is -0.465 e. The second-order valence-corrected chi connectivity index (χ2v) is 5.74. The van der Waals surface area contributed by atoms with Gasteiger partial charge in [0.1, 0.15) is 11.6 Å². The lowest BCUT2D eigenvalue weighted by Crippen LogP contribution is -2.33. The summed E-state index contributed by atoms with van der Waals surface area (Å²) in [6.07, 6.45) is 4.22. The Kier molecular flexibility index (Phi) is 3.71. The van der Waals surface area contributed by atoms with Gasteiger partial charge in [-0.2, -0.15) is 0 Å². The number of fused-ring (bicyclic) bond motifs is 3. The molecule has 6 heteroatoms. The highest BCUT2D eigenvalue weighted by atomic mass is 32.2. The third-order valence-corrected chi connectivity index (χ3v) is 4.55. The van der Waals surface area contributed by atoms with Crippen molar-refractivity contribution in [2.75, 3.05) is 12.9 Å². The molecule has 0 aromatic carbocycles. The molecule has 5 nitrogen and oxygen atoms in total. The van der Waals surface area contributed by atoms with Crippen LogP contribution >= 0.6 is 11.8 Å². The van der Waals surface area contributed by atoms with Crippen LogP contribution in [-0.4, -0.2) is 34.2 Å². The maximum atomic E-state index is 12.5. The number of hydrogen-bond acceptors (Lipinski definition) is 5. The largest absolute Gasteiger partial charge is 0.465 e. The zero-order valence-electron chi connectivity index (χ0n) is 12.0. The first-order chi connectivity index (χ1) is 10.2. The fourth-order valence-electron chi connectivity index (χ4n) is 2.77. The number of hydrogen-bond donors (Lipinski definition) is 0. The average Bonchev–Trinajstić information content (AvgIpc) is 2.87. The van der Waals surface area contributed by atoms with Gasteiger partial charge in [0.05, 0.1) is 12.3 Å². The lowest BCUT2D eigenvalue weighted by Gasteiger charge is -2.21. The molecular weight excluding hydrogens is 288 g/mol. The minimum absolute atomic E-state index is 0.162. The van der Waals surface area contributed by atoms with Crippen molar-refractivity contribution in [3.05, 3.63) is 24.0 Å². The van der Waals surface area contributed by atoms with Gasteiger partial charge in [-0.1, -0.05) is 0 Å². The third-order valence-electron chi connectivity index (χ3n) is 3.76. The standard InChI is InChI=1S/C15H16N2O3S/c1-3-20-15(19)9-5-7-17-11(13(9)18)8-10-12(21-2)4-6-16-14(10)17/h4,6,8-9H,3,5,7H2,1-2H3. The summed E-state index contributed by atoms with van der Waals surface area (Å²) in [6.45, 7) is 2.65. The van der Waals surface area contributed by atoms with E-state index in [1.807, 2.05) is 23.0 Å². The smallest absolute Gasteiger partial charge is 0.316 e. The molecule has 2 aromatic heterocycles. The van der Waals surface area contributed by atoms with E-state index in [4.69, 9.17) is 4.74 Å². The SMILES string of the molecule is CCOC(=O)C1CCn2c(cc3c(SC)ccnc32)C1=O. The number of rotatable bonds is 3. The van der Waals surface area contributed by atoms with Crippen LogP contribution in [0.25, 0.3) is 11.0 Å². The van der Waals surface area contributed by atoms with Gasteiger partial charge in [0.25, 0.3) is 0 Å². The number of carbonyl (C=O) groups excluding carboxylic acids is 2. The van der Waals surface area contributed by atoms with E-state index in [-0.39, 0.29) is 5.78 Å². The molecule has 0 aliphatic carbocycles. The fraction of sp³-hybridized carbons (Fsp3) is 0.400. The first-order valence-corrected chi connectivity index (χ1v) is 8.13. The summed E-state index contributed by atoms with van der Waals surface area (Å²) in [6, 6.07) is 3.79. The van der Waals surface area contributed by atoms with Crippen molar-refractivity contribution < 1.29 is 14.3 Å². The second-order valence-electron chi connectivity index (χ2n) is 4.89. The number of pyridine rings is 1. The molecule has 3 heterocycles. The van der Waals surface area contributed by atoms with Crippen LogP contribution in [0.2, 0.25) is 0 Å². The Morgan fingerprint density at radius 1 is 1.57 bits per heavy atom. The third kappa shape index (κ3) is 2.23. The van der Waals surface area contributed by atoms with Gasteiger partial charge in [-0.3, -0.25) is 9.59 Å². The van der Waals surface area contributed by atoms with Gasteiger partial charge in [0, 0.05) is 23.0 Å². The van der Waals surface area contributed by atoms with Gasteiger partial charge in [-0.15, -0.1) is 11.8 Å². The molecule has 0 saturated heterocycles. The summed E-state index contributed by atoms with van der Waals surface area (Å²) >= 11 is 1.62. The van der Waals surface area contributed by atoms with Crippen LogP contribution < -0.4 is 0 Å². The molecule has 0 N–H and O–H groups in total. The van der Waals surface area contributed by atoms with E-state index in [0.29, 0.717) is 25.3 Å². The molecule has 0 fully saturated rings. The van der Waals surface area contributed by atoms with Crippen LogP contribution in [-0.2, 0) is 16.1 Å². The number of carbonyl (C=O) groups is 2. The molecule has 1 aliphatic rings. The summed E-state index contributed by atoms with van der Waals surface area (Å²) in [5, 5.41) is 0.970.